The summed E-state index contributed by atoms with van der Waals surface area (Å²) in [6.45, 7) is 1.98. The van der Waals surface area contributed by atoms with E-state index in [1.165, 1.54) is 12.1 Å². The molecule has 0 unspecified atom stereocenters. The first-order chi connectivity index (χ1) is 14.8. The topological polar surface area (TPSA) is 0 Å². The Morgan fingerprint density at radius 3 is 1.77 bits per heavy atom. The molecule has 6 heteroatoms. The quantitative estimate of drug-likeness (QED) is 0.232. The van der Waals surface area contributed by atoms with E-state index < -0.39 is 39.7 Å². The van der Waals surface area contributed by atoms with Gasteiger partial charge in [-0.25, -0.2) is 22.0 Å². The van der Waals surface area contributed by atoms with Crippen LogP contribution in [0.15, 0.2) is 42.5 Å². The molecule has 0 amide bonds. The molecule has 0 nitrogen and oxygen atoms in total. The minimum Gasteiger partial charge on any atom is -0.206 e. The molecule has 0 aromatic heterocycles. The van der Waals surface area contributed by atoms with Gasteiger partial charge in [0.15, 0.2) is 0 Å². The summed E-state index contributed by atoms with van der Waals surface area (Å²) in [7, 11) is 0. The molecule has 0 N–H and O–H groups in total. The van der Waals surface area contributed by atoms with Crippen molar-refractivity contribution in [1.29, 1.82) is 0 Å². The summed E-state index contributed by atoms with van der Waals surface area (Å²) in [4.78, 5) is 0. The van der Waals surface area contributed by atoms with Crippen LogP contribution in [0.4, 0.5) is 22.0 Å². The van der Waals surface area contributed by atoms with Crippen LogP contribution in [-0.2, 0) is 6.42 Å². The standard InChI is InChI=1S/C25H14ClF5/c1-2-3-15-4-7-18(20(27)10-15)8-5-16-11-21(28)19(22(29)12-16)9-6-17-13-23(30)25(26)24(31)14-17/h4,7,10-14H,2-3H2,1H3. The summed E-state index contributed by atoms with van der Waals surface area (Å²) >= 11 is 5.39. The van der Waals surface area contributed by atoms with E-state index >= 15 is 0 Å². The second kappa shape index (κ2) is 9.69. The zero-order chi connectivity index (χ0) is 22.5. The van der Waals surface area contributed by atoms with Gasteiger partial charge in [-0.15, -0.1) is 0 Å². The molecule has 3 aromatic rings. The fourth-order valence-corrected chi connectivity index (χ4v) is 2.88. The van der Waals surface area contributed by atoms with E-state index in [2.05, 4.69) is 23.7 Å². The van der Waals surface area contributed by atoms with Gasteiger partial charge in [-0.1, -0.05) is 54.7 Å². The van der Waals surface area contributed by atoms with Crippen LogP contribution in [-0.4, -0.2) is 0 Å². The van der Waals surface area contributed by atoms with Crippen LogP contribution in [0.2, 0.25) is 5.02 Å². The molecule has 31 heavy (non-hydrogen) atoms. The Balaban J connectivity index is 1.88. The number of rotatable bonds is 2. The number of halogens is 6. The van der Waals surface area contributed by atoms with Gasteiger partial charge in [0.25, 0.3) is 0 Å². The summed E-state index contributed by atoms with van der Waals surface area (Å²) in [6, 6.07) is 8.26. The Labute approximate surface area is 181 Å². The van der Waals surface area contributed by atoms with Crippen LogP contribution in [0, 0.1) is 52.8 Å². The van der Waals surface area contributed by atoms with Gasteiger partial charge in [-0.3, -0.25) is 0 Å². The van der Waals surface area contributed by atoms with Crippen LogP contribution in [0.25, 0.3) is 0 Å². The molecular weight excluding hydrogens is 431 g/mol. The molecule has 0 atom stereocenters. The van der Waals surface area contributed by atoms with Crippen molar-refractivity contribution < 1.29 is 22.0 Å². The lowest BCUT2D eigenvalue weighted by Gasteiger charge is -2.01. The first-order valence-corrected chi connectivity index (χ1v) is 9.62. The van der Waals surface area contributed by atoms with Crippen molar-refractivity contribution in [2.45, 2.75) is 19.8 Å². The number of benzene rings is 3. The second-order valence-electron chi connectivity index (χ2n) is 6.63. The third-order valence-corrected chi connectivity index (χ3v) is 4.63. The zero-order valence-corrected chi connectivity index (χ0v) is 17.0. The van der Waals surface area contributed by atoms with Crippen molar-refractivity contribution in [3.05, 3.63) is 104 Å². The maximum absolute atomic E-state index is 14.3. The largest absolute Gasteiger partial charge is 0.206 e. The maximum Gasteiger partial charge on any atom is 0.146 e. The molecule has 0 saturated carbocycles. The van der Waals surface area contributed by atoms with Crippen LogP contribution in [0.5, 0.6) is 0 Å². The number of aryl methyl sites for hydroxylation is 1. The second-order valence-corrected chi connectivity index (χ2v) is 7.01. The van der Waals surface area contributed by atoms with Crippen molar-refractivity contribution in [2.24, 2.45) is 0 Å². The third-order valence-electron chi connectivity index (χ3n) is 4.27. The third kappa shape index (κ3) is 5.45. The Hall–Kier alpha value is -3.28. The van der Waals surface area contributed by atoms with Gasteiger partial charge < -0.3 is 0 Å². The van der Waals surface area contributed by atoms with E-state index in [4.69, 9.17) is 11.6 Å². The normalized spacial score (nSPS) is 10.2. The van der Waals surface area contributed by atoms with Crippen LogP contribution in [0.1, 0.15) is 41.2 Å². The number of hydrogen-bond acceptors (Lipinski definition) is 0. The molecule has 0 heterocycles. The minimum atomic E-state index is -1.03. The highest BCUT2D eigenvalue weighted by Gasteiger charge is 2.10. The van der Waals surface area contributed by atoms with Gasteiger partial charge in [0.1, 0.15) is 34.1 Å². The van der Waals surface area contributed by atoms with Crippen LogP contribution < -0.4 is 0 Å². The van der Waals surface area contributed by atoms with Crippen LogP contribution >= 0.6 is 11.6 Å². The van der Waals surface area contributed by atoms with Gasteiger partial charge in [0, 0.05) is 11.1 Å². The molecule has 3 aromatic carbocycles. The van der Waals surface area contributed by atoms with Crippen molar-refractivity contribution in [3.63, 3.8) is 0 Å². The highest BCUT2D eigenvalue weighted by molar-refractivity contribution is 6.30. The van der Waals surface area contributed by atoms with Crippen molar-refractivity contribution in [1.82, 2.24) is 0 Å². The first-order valence-electron chi connectivity index (χ1n) is 9.24. The summed E-state index contributed by atoms with van der Waals surface area (Å²) in [5, 5.41) is -0.692. The molecular formula is C25H14ClF5. The lowest BCUT2D eigenvalue weighted by molar-refractivity contribution is 0.577. The van der Waals surface area contributed by atoms with Gasteiger partial charge >= 0.3 is 0 Å². The fraction of sp³-hybridized carbons (Fsp3) is 0.120. The average molecular weight is 445 g/mol. The summed E-state index contributed by atoms with van der Waals surface area (Å²) in [5.41, 5.74) is 0.212. The predicted octanol–water partition coefficient (Wildman–Crippen LogP) is 6.79. The molecule has 0 aliphatic carbocycles. The molecule has 0 fully saturated rings. The Morgan fingerprint density at radius 2 is 1.23 bits per heavy atom. The van der Waals surface area contributed by atoms with Gasteiger partial charge in [-0.2, -0.15) is 0 Å². The summed E-state index contributed by atoms with van der Waals surface area (Å²) in [6.07, 6.45) is 1.61. The maximum atomic E-state index is 14.3. The predicted molar refractivity (Wildman–Crippen MR) is 110 cm³/mol. The fourth-order valence-electron chi connectivity index (χ4n) is 2.77. The molecule has 0 saturated heterocycles. The Bertz CT molecular complexity index is 1230. The van der Waals surface area contributed by atoms with Crippen molar-refractivity contribution in [3.8, 4) is 23.7 Å². The number of hydrogen-bond donors (Lipinski definition) is 0. The summed E-state index contributed by atoms with van der Waals surface area (Å²) in [5.74, 6) is 5.00. The molecule has 156 valence electrons. The minimum absolute atomic E-state index is 0.0128. The van der Waals surface area contributed by atoms with Gasteiger partial charge in [0.2, 0.25) is 0 Å². The van der Waals surface area contributed by atoms with E-state index in [9.17, 15) is 22.0 Å². The van der Waals surface area contributed by atoms with Gasteiger partial charge in [0.05, 0.1) is 11.1 Å². The molecule has 0 aliphatic rings. The Kier molecular flexibility index (Phi) is 7.00. The zero-order valence-electron chi connectivity index (χ0n) is 16.2. The van der Waals surface area contributed by atoms with Crippen molar-refractivity contribution in [2.75, 3.05) is 0 Å². The van der Waals surface area contributed by atoms with Gasteiger partial charge in [-0.05, 0) is 48.4 Å². The molecule has 3 rings (SSSR count). The summed E-state index contributed by atoms with van der Waals surface area (Å²) < 4.78 is 69.7. The van der Waals surface area contributed by atoms with E-state index in [1.54, 1.807) is 6.07 Å². The lowest BCUT2D eigenvalue weighted by atomic mass is 10.1. The molecule has 0 aliphatic heterocycles. The van der Waals surface area contributed by atoms with Crippen LogP contribution in [0.3, 0.4) is 0 Å². The van der Waals surface area contributed by atoms with E-state index in [0.717, 1.165) is 42.7 Å². The molecule has 0 radical (unpaired) electrons. The SMILES string of the molecule is CCCc1ccc(C#Cc2cc(F)c(C#Cc3cc(F)c(Cl)c(F)c3)c(F)c2)c(F)c1. The smallest absolute Gasteiger partial charge is 0.146 e. The van der Waals surface area contributed by atoms with E-state index in [-0.39, 0.29) is 16.7 Å². The lowest BCUT2D eigenvalue weighted by Crippen LogP contribution is -1.93. The highest BCUT2D eigenvalue weighted by Crippen LogP contribution is 2.20. The van der Waals surface area contributed by atoms with E-state index in [0.29, 0.717) is 0 Å². The van der Waals surface area contributed by atoms with E-state index in [1.807, 2.05) is 6.92 Å². The van der Waals surface area contributed by atoms with Crippen molar-refractivity contribution >= 4 is 11.6 Å². The molecule has 0 spiro atoms. The first kappa shape index (κ1) is 22.4. The monoisotopic (exact) mass is 444 g/mol. The average Bonchev–Trinajstić information content (AvgIpc) is 2.71. The Morgan fingerprint density at radius 1 is 0.677 bits per heavy atom. The highest BCUT2D eigenvalue weighted by atomic mass is 35.5. The molecule has 0 bridgehead atoms.